The fraction of sp³-hybridized carbons (Fsp3) is 0.0952. The van der Waals surface area contributed by atoms with E-state index < -0.39 is 11.8 Å². The molecule has 8 heteroatoms. The topological polar surface area (TPSA) is 58.6 Å². The maximum atomic E-state index is 13.4. The lowest BCUT2D eigenvalue weighted by Crippen LogP contribution is -2.53. The Bertz CT molecular complexity index is 1040. The lowest BCUT2D eigenvalue weighted by molar-refractivity contribution is -0.128. The zero-order chi connectivity index (χ0) is 21.0. The Hall–Kier alpha value is -2.84. The van der Waals surface area contributed by atoms with Crippen molar-refractivity contribution < 1.29 is 18.7 Å². The highest BCUT2D eigenvalue weighted by Crippen LogP contribution is 2.27. The molecule has 2 amide bonds. The van der Waals surface area contributed by atoms with Crippen molar-refractivity contribution in [2.45, 2.75) is 6.61 Å². The van der Waals surface area contributed by atoms with E-state index in [-0.39, 0.29) is 29.7 Å². The van der Waals surface area contributed by atoms with Crippen LogP contribution in [0.25, 0.3) is 6.08 Å². The largest absolute Gasteiger partial charge is 0.488 e. The van der Waals surface area contributed by atoms with Gasteiger partial charge in [-0.05, 0) is 54.2 Å². The van der Waals surface area contributed by atoms with Crippen LogP contribution in [0.15, 0.2) is 65.2 Å². The lowest BCUT2D eigenvalue weighted by Gasteiger charge is -2.27. The minimum absolute atomic E-state index is 0.0360. The standard InChI is InChI=1S/C21H16BrFN2O3S/c1-2-8-25-20(27)17(19(26)24-21(25)29)11-14-10-15(22)6-7-18(14)28-12-13-4-3-5-16(23)9-13/h2-7,9-11H,1,8,12H2,(H,24,26,29)/b17-11+. The molecule has 0 aliphatic carbocycles. The van der Waals surface area contributed by atoms with Crippen molar-refractivity contribution in [3.05, 3.63) is 82.1 Å². The van der Waals surface area contributed by atoms with E-state index in [9.17, 15) is 14.0 Å². The first-order chi connectivity index (χ1) is 13.9. The van der Waals surface area contributed by atoms with Crippen LogP contribution in [0.5, 0.6) is 5.75 Å². The zero-order valence-electron chi connectivity index (χ0n) is 15.2. The van der Waals surface area contributed by atoms with Crippen molar-refractivity contribution in [3.8, 4) is 5.75 Å². The number of carbonyl (C=O) groups is 2. The molecule has 0 bridgehead atoms. The number of nitrogens with one attached hydrogen (secondary N) is 1. The predicted molar refractivity (Wildman–Crippen MR) is 116 cm³/mol. The van der Waals surface area contributed by atoms with Gasteiger partial charge in [0.25, 0.3) is 11.8 Å². The van der Waals surface area contributed by atoms with E-state index in [1.165, 1.54) is 29.2 Å². The average molecular weight is 475 g/mol. The molecule has 2 aromatic rings. The molecule has 5 nitrogen and oxygen atoms in total. The third-order valence-corrected chi connectivity index (χ3v) is 4.87. The molecule has 0 unspecified atom stereocenters. The van der Waals surface area contributed by atoms with E-state index in [0.29, 0.717) is 16.9 Å². The quantitative estimate of drug-likeness (QED) is 0.297. The van der Waals surface area contributed by atoms with Crippen molar-refractivity contribution in [2.24, 2.45) is 0 Å². The molecular weight excluding hydrogens is 459 g/mol. The number of amides is 2. The molecule has 1 aliphatic heterocycles. The number of thiocarbonyl (C=S) groups is 1. The van der Waals surface area contributed by atoms with Gasteiger partial charge in [-0.3, -0.25) is 19.8 Å². The second-order valence-corrected chi connectivity index (χ2v) is 7.42. The van der Waals surface area contributed by atoms with Gasteiger partial charge < -0.3 is 4.74 Å². The maximum Gasteiger partial charge on any atom is 0.265 e. The smallest absolute Gasteiger partial charge is 0.265 e. The van der Waals surface area contributed by atoms with Gasteiger partial charge in [0.15, 0.2) is 5.11 Å². The summed E-state index contributed by atoms with van der Waals surface area (Å²) in [6, 6.07) is 11.3. The van der Waals surface area contributed by atoms with Crippen LogP contribution in [0.2, 0.25) is 0 Å². The summed E-state index contributed by atoms with van der Waals surface area (Å²) in [4.78, 5) is 26.3. The fourth-order valence-electron chi connectivity index (χ4n) is 2.70. The normalized spacial score (nSPS) is 15.4. The van der Waals surface area contributed by atoms with Crippen molar-refractivity contribution in [3.63, 3.8) is 0 Å². The molecule has 0 saturated carbocycles. The van der Waals surface area contributed by atoms with Gasteiger partial charge in [-0.15, -0.1) is 6.58 Å². The Balaban J connectivity index is 1.92. The van der Waals surface area contributed by atoms with Gasteiger partial charge in [-0.1, -0.05) is 34.1 Å². The van der Waals surface area contributed by atoms with Gasteiger partial charge in [0.2, 0.25) is 0 Å². The fourth-order valence-corrected chi connectivity index (χ4v) is 3.32. The number of hydrogen-bond donors (Lipinski definition) is 1. The number of carbonyl (C=O) groups excluding carboxylic acids is 2. The molecule has 1 aliphatic rings. The van der Waals surface area contributed by atoms with E-state index in [2.05, 4.69) is 27.8 Å². The van der Waals surface area contributed by atoms with Crippen LogP contribution in [-0.4, -0.2) is 28.4 Å². The molecule has 0 aromatic heterocycles. The first-order valence-electron chi connectivity index (χ1n) is 8.55. The Morgan fingerprint density at radius 1 is 1.24 bits per heavy atom. The van der Waals surface area contributed by atoms with E-state index in [4.69, 9.17) is 17.0 Å². The molecule has 1 N–H and O–H groups in total. The molecule has 1 saturated heterocycles. The minimum Gasteiger partial charge on any atom is -0.488 e. The monoisotopic (exact) mass is 474 g/mol. The number of rotatable bonds is 6. The molecule has 148 valence electrons. The summed E-state index contributed by atoms with van der Waals surface area (Å²) in [5.74, 6) is -1.02. The number of hydrogen-bond acceptors (Lipinski definition) is 4. The van der Waals surface area contributed by atoms with Crippen LogP contribution in [0.1, 0.15) is 11.1 Å². The van der Waals surface area contributed by atoms with Crippen molar-refractivity contribution in [2.75, 3.05) is 6.54 Å². The Morgan fingerprint density at radius 3 is 2.76 bits per heavy atom. The first kappa shape index (κ1) is 20.9. The van der Waals surface area contributed by atoms with E-state index in [1.807, 2.05) is 0 Å². The molecule has 0 atom stereocenters. The van der Waals surface area contributed by atoms with Crippen LogP contribution < -0.4 is 10.1 Å². The van der Waals surface area contributed by atoms with Gasteiger partial charge in [0.1, 0.15) is 23.7 Å². The summed E-state index contributed by atoms with van der Waals surface area (Å²) in [7, 11) is 0. The van der Waals surface area contributed by atoms with Gasteiger partial charge in [-0.25, -0.2) is 4.39 Å². The summed E-state index contributed by atoms with van der Waals surface area (Å²) in [5.41, 5.74) is 1.09. The van der Waals surface area contributed by atoms with Gasteiger partial charge >= 0.3 is 0 Å². The van der Waals surface area contributed by atoms with Crippen LogP contribution in [0.3, 0.4) is 0 Å². The lowest BCUT2D eigenvalue weighted by atomic mass is 10.1. The SMILES string of the molecule is C=CCN1C(=O)/C(=C/c2cc(Br)ccc2OCc2cccc(F)c2)C(=O)NC1=S. The van der Waals surface area contributed by atoms with Crippen LogP contribution >= 0.6 is 28.1 Å². The molecular formula is C21H16BrFN2O3S. The number of benzene rings is 2. The van der Waals surface area contributed by atoms with Crippen LogP contribution in [-0.2, 0) is 16.2 Å². The number of nitrogens with zero attached hydrogens (tertiary/aromatic N) is 1. The van der Waals surface area contributed by atoms with Crippen LogP contribution in [0, 0.1) is 5.82 Å². The summed E-state index contributed by atoms with van der Waals surface area (Å²) >= 11 is 8.43. The molecule has 3 rings (SSSR count). The molecule has 0 spiro atoms. The molecule has 1 fully saturated rings. The van der Waals surface area contributed by atoms with Gasteiger partial charge in [0.05, 0.1) is 0 Å². The highest BCUT2D eigenvalue weighted by molar-refractivity contribution is 9.10. The second-order valence-electron chi connectivity index (χ2n) is 6.12. The minimum atomic E-state index is -0.587. The summed E-state index contributed by atoms with van der Waals surface area (Å²) in [6.45, 7) is 3.90. The van der Waals surface area contributed by atoms with Crippen molar-refractivity contribution in [1.82, 2.24) is 10.2 Å². The number of ether oxygens (including phenoxy) is 1. The third-order valence-electron chi connectivity index (χ3n) is 4.05. The summed E-state index contributed by atoms with van der Waals surface area (Å²) in [6.07, 6.45) is 2.97. The van der Waals surface area contributed by atoms with Gasteiger partial charge in [0, 0.05) is 16.6 Å². The average Bonchev–Trinajstić information content (AvgIpc) is 2.68. The second kappa shape index (κ2) is 9.11. The van der Waals surface area contributed by atoms with E-state index in [1.54, 1.807) is 30.3 Å². The predicted octanol–water partition coefficient (Wildman–Crippen LogP) is 3.98. The Morgan fingerprint density at radius 2 is 2.03 bits per heavy atom. The molecule has 2 aromatic carbocycles. The van der Waals surface area contributed by atoms with Crippen LogP contribution in [0.4, 0.5) is 4.39 Å². The van der Waals surface area contributed by atoms with Crippen molar-refractivity contribution in [1.29, 1.82) is 0 Å². The molecule has 0 radical (unpaired) electrons. The molecule has 29 heavy (non-hydrogen) atoms. The Labute approximate surface area is 181 Å². The summed E-state index contributed by atoms with van der Waals surface area (Å²) < 4.78 is 19.9. The summed E-state index contributed by atoms with van der Waals surface area (Å²) in [5, 5.41) is 2.54. The van der Waals surface area contributed by atoms with E-state index in [0.717, 1.165) is 4.47 Å². The van der Waals surface area contributed by atoms with Crippen molar-refractivity contribution >= 4 is 51.2 Å². The van der Waals surface area contributed by atoms with Gasteiger partial charge in [-0.2, -0.15) is 0 Å². The van der Waals surface area contributed by atoms with E-state index >= 15 is 0 Å². The Kier molecular flexibility index (Phi) is 6.56. The zero-order valence-corrected chi connectivity index (χ0v) is 17.6. The first-order valence-corrected chi connectivity index (χ1v) is 9.75. The third kappa shape index (κ3) is 4.96. The maximum absolute atomic E-state index is 13.4. The number of halogens is 2. The highest BCUT2D eigenvalue weighted by Gasteiger charge is 2.32. The highest BCUT2D eigenvalue weighted by atomic mass is 79.9. The molecule has 1 heterocycles.